The quantitative estimate of drug-likeness (QED) is 0.0896. The Kier molecular flexibility index (Phi) is 13.5. The van der Waals surface area contributed by atoms with E-state index in [0.29, 0.717) is 12.3 Å². The van der Waals surface area contributed by atoms with E-state index in [2.05, 4.69) is 24.3 Å². The molecule has 0 fully saturated rings. The first-order valence-corrected chi connectivity index (χ1v) is 30.2. The molecule has 0 aliphatic heterocycles. The first-order chi connectivity index (χ1) is 35.6. The van der Waals surface area contributed by atoms with Crippen molar-refractivity contribution >= 4 is 67.3 Å². The maximum absolute atomic E-state index is 15.0. The van der Waals surface area contributed by atoms with E-state index in [4.69, 9.17) is 9.05 Å². The first-order valence-electron chi connectivity index (χ1n) is 24.0. The van der Waals surface area contributed by atoms with E-state index < -0.39 is 35.4 Å². The van der Waals surface area contributed by atoms with Gasteiger partial charge >= 0.3 is 430 Å². The van der Waals surface area contributed by atoms with Gasteiger partial charge in [0.15, 0.2) is 0 Å². The van der Waals surface area contributed by atoms with Crippen LogP contribution in [-0.4, -0.2) is 20.4 Å². The molecule has 0 aromatic heterocycles. The van der Waals surface area contributed by atoms with Crippen LogP contribution in [0.2, 0.25) is 0 Å². The first kappa shape index (κ1) is 48.6. The molecule has 6 nitrogen and oxygen atoms in total. The van der Waals surface area contributed by atoms with Crippen molar-refractivity contribution in [1.82, 2.24) is 0 Å². The Balaban J connectivity index is 1.01. The van der Waals surface area contributed by atoms with Crippen LogP contribution in [0.1, 0.15) is 31.8 Å². The molecular weight excluding hydrogens is 959 g/mol. The monoisotopic (exact) mass is 1010 g/mol. The van der Waals surface area contributed by atoms with Gasteiger partial charge in [-0.2, -0.15) is 0 Å². The van der Waals surface area contributed by atoms with Gasteiger partial charge in [-0.1, -0.05) is 0 Å². The van der Waals surface area contributed by atoms with Gasteiger partial charge in [-0.15, -0.1) is 0 Å². The van der Waals surface area contributed by atoms with Crippen LogP contribution in [0.25, 0.3) is 0 Å². The molecule has 0 radical (unpaired) electrons. The fourth-order valence-electron chi connectivity index (χ4n) is 10.3. The predicted octanol–water partition coefficient (Wildman–Crippen LogP) is 12.1. The third-order valence-corrected chi connectivity index (χ3v) is 27.0. The summed E-state index contributed by atoms with van der Waals surface area (Å²) in [5.41, 5.74) is 2.35. The molecule has 0 spiro atoms. The second-order valence-corrected chi connectivity index (χ2v) is 28.9. The topological polar surface area (TPSA) is 86.7 Å². The minimum absolute atomic E-state index is 0.0275. The molecule has 10 aromatic rings. The van der Waals surface area contributed by atoms with Crippen LogP contribution in [0.4, 0.5) is 0 Å². The standard InChI is InChI=1S/C64H52O6P2S/c65-63(69-71(55-29-13-3-14-30-55,56-31-15-4-16-32-56,57-33-17-5-18-34-57)49-51-25-9-1-10-26-51)53-41-45-61(46-42-53)73(67,68)62-47-43-54(44-48-62)64(66)70-72(58-35-19-6-20-36-58,59-37-21-7-22-38-59,60-39-23-8-24-40-60)50-52-27-11-2-12-28-52/h1-48H,49-50H2. The number of carbonyl (C=O) groups is 2. The summed E-state index contributed by atoms with van der Waals surface area (Å²) in [6, 6.07) is 91.5. The second-order valence-electron chi connectivity index (χ2n) is 18.0. The third-order valence-electron chi connectivity index (χ3n) is 13.8. The van der Waals surface area contributed by atoms with E-state index in [-0.39, 0.29) is 20.9 Å². The molecule has 0 atom stereocenters. The van der Waals surface area contributed by atoms with Crippen LogP contribution in [-0.2, 0) is 31.2 Å². The Hall–Kier alpha value is -8.05. The van der Waals surface area contributed by atoms with Gasteiger partial charge < -0.3 is 0 Å². The predicted molar refractivity (Wildman–Crippen MR) is 300 cm³/mol. The summed E-state index contributed by atoms with van der Waals surface area (Å²) in [6.07, 6.45) is 0.765. The van der Waals surface area contributed by atoms with Crippen LogP contribution >= 0.6 is 13.7 Å². The van der Waals surface area contributed by atoms with E-state index in [1.54, 1.807) is 0 Å². The summed E-state index contributed by atoms with van der Waals surface area (Å²) >= 11 is 0. The molecule has 0 aliphatic carbocycles. The molecule has 0 N–H and O–H groups in total. The van der Waals surface area contributed by atoms with Gasteiger partial charge in [-0.05, 0) is 0 Å². The van der Waals surface area contributed by atoms with Crippen molar-refractivity contribution < 1.29 is 27.1 Å². The molecule has 10 rings (SSSR count). The van der Waals surface area contributed by atoms with Crippen molar-refractivity contribution in [3.63, 3.8) is 0 Å². The van der Waals surface area contributed by atoms with Crippen molar-refractivity contribution in [2.45, 2.75) is 22.1 Å². The Labute approximate surface area is 427 Å². The Morgan fingerprint density at radius 2 is 0.493 bits per heavy atom. The molecule has 360 valence electrons. The summed E-state index contributed by atoms with van der Waals surface area (Å²) in [6.45, 7) is -8.44. The Morgan fingerprint density at radius 1 is 0.288 bits per heavy atom. The van der Waals surface area contributed by atoms with Crippen molar-refractivity contribution in [2.75, 3.05) is 0 Å². The van der Waals surface area contributed by atoms with Crippen molar-refractivity contribution in [2.24, 2.45) is 0 Å². The van der Waals surface area contributed by atoms with Crippen molar-refractivity contribution in [1.29, 1.82) is 0 Å². The second kappa shape index (κ2) is 20.2. The fraction of sp³-hybridized carbons (Fsp3) is 0.0312. The normalized spacial score (nSPS) is 12.8. The van der Waals surface area contributed by atoms with Gasteiger partial charge in [0.1, 0.15) is 0 Å². The van der Waals surface area contributed by atoms with Gasteiger partial charge in [-0.25, -0.2) is 0 Å². The molecule has 73 heavy (non-hydrogen) atoms. The molecule has 0 saturated heterocycles. The number of benzene rings is 10. The summed E-state index contributed by atoms with van der Waals surface area (Å²) < 4.78 is 43.5. The number of carbonyl (C=O) groups excluding carboxylic acids is 2. The summed E-state index contributed by atoms with van der Waals surface area (Å²) in [5.74, 6) is -1.19. The number of sulfone groups is 1. The van der Waals surface area contributed by atoms with Crippen molar-refractivity contribution in [3.8, 4) is 0 Å². The van der Waals surface area contributed by atoms with Gasteiger partial charge in [0.25, 0.3) is 0 Å². The molecule has 0 heterocycles. The van der Waals surface area contributed by atoms with Crippen LogP contribution < -0.4 is 31.8 Å². The van der Waals surface area contributed by atoms with Crippen LogP contribution in [0.5, 0.6) is 0 Å². The molecule has 0 saturated carbocycles. The van der Waals surface area contributed by atoms with Gasteiger partial charge in [-0.3, -0.25) is 0 Å². The molecule has 0 aliphatic rings. The summed E-state index contributed by atoms with van der Waals surface area (Å²) in [5, 5.41) is 5.22. The van der Waals surface area contributed by atoms with E-state index >= 15 is 9.59 Å². The average Bonchev–Trinajstić information content (AvgIpc) is 3.47. The SMILES string of the molecule is O=C(OP(Cc1ccccc1)(c1ccccc1)(c1ccccc1)c1ccccc1)c1ccc(S(=O)(=O)c2ccc(C(=O)OP(Cc3ccccc3)(c3ccccc3)(c3ccccc3)c3ccccc3)cc2)cc1. The molecule has 0 bridgehead atoms. The van der Waals surface area contributed by atoms with Gasteiger partial charge in [0.2, 0.25) is 0 Å². The number of hydrogen-bond donors (Lipinski definition) is 0. The number of rotatable bonds is 16. The zero-order valence-corrected chi connectivity index (χ0v) is 42.5. The van der Waals surface area contributed by atoms with E-state index in [1.807, 2.05) is 218 Å². The summed E-state index contributed by atoms with van der Waals surface area (Å²) in [4.78, 5) is 30.0. The average molecular weight is 1010 g/mol. The van der Waals surface area contributed by atoms with Gasteiger partial charge in [0, 0.05) is 0 Å². The van der Waals surface area contributed by atoms with E-state index in [1.165, 1.54) is 48.5 Å². The van der Waals surface area contributed by atoms with Gasteiger partial charge in [0.05, 0.1) is 0 Å². The fourth-order valence-corrected chi connectivity index (χ4v) is 22.8. The molecule has 9 heteroatoms. The maximum atomic E-state index is 15.0. The van der Waals surface area contributed by atoms with E-state index in [0.717, 1.165) is 43.0 Å². The van der Waals surface area contributed by atoms with Crippen LogP contribution in [0.3, 0.4) is 0 Å². The Bertz CT molecular complexity index is 3160. The van der Waals surface area contributed by atoms with Crippen molar-refractivity contribution in [3.05, 3.63) is 313 Å². The zero-order chi connectivity index (χ0) is 50.2. The Morgan fingerprint density at radius 3 is 0.712 bits per heavy atom. The van der Waals surface area contributed by atoms with Crippen LogP contribution in [0.15, 0.2) is 301 Å². The summed E-state index contributed by atoms with van der Waals surface area (Å²) in [7, 11) is -4.15. The molecule has 0 unspecified atom stereocenters. The molecule has 10 aromatic carbocycles. The molecule has 0 amide bonds. The number of hydrogen-bond acceptors (Lipinski definition) is 6. The minimum atomic E-state index is -4.22. The van der Waals surface area contributed by atoms with Crippen LogP contribution in [0, 0.1) is 0 Å². The zero-order valence-electron chi connectivity index (χ0n) is 39.9. The molecular formula is C64H52O6P2S. The van der Waals surface area contributed by atoms with E-state index in [9.17, 15) is 8.42 Å². The third kappa shape index (κ3) is 8.70.